The Morgan fingerprint density at radius 3 is 2.40 bits per heavy atom. The second-order valence-electron chi connectivity index (χ2n) is 4.23. The van der Waals surface area contributed by atoms with Crippen molar-refractivity contribution in [3.63, 3.8) is 0 Å². The molecule has 0 radical (unpaired) electrons. The number of nitrogens with one attached hydrogen (secondary N) is 1. The van der Waals surface area contributed by atoms with Crippen LogP contribution in [0.25, 0.3) is 0 Å². The molecule has 0 aliphatic carbocycles. The molecule has 0 spiro atoms. The van der Waals surface area contributed by atoms with Crippen LogP contribution in [0.5, 0.6) is 0 Å². The van der Waals surface area contributed by atoms with Gasteiger partial charge in [0.25, 0.3) is 0 Å². The Morgan fingerprint density at radius 2 is 1.93 bits per heavy atom. The summed E-state index contributed by atoms with van der Waals surface area (Å²) in [6, 6.07) is 4.64. The van der Waals surface area contributed by atoms with Gasteiger partial charge in [0.15, 0.2) is 0 Å². The van der Waals surface area contributed by atoms with Crippen LogP contribution in [0.3, 0.4) is 0 Å². The first-order valence-electron chi connectivity index (χ1n) is 5.86. The summed E-state index contributed by atoms with van der Waals surface area (Å²) < 4.78 is 0. The maximum Gasteiger partial charge on any atom is 0.126 e. The summed E-state index contributed by atoms with van der Waals surface area (Å²) in [6.07, 6.45) is 4.34. The van der Waals surface area contributed by atoms with Gasteiger partial charge in [0.1, 0.15) is 5.82 Å². The van der Waals surface area contributed by atoms with Crippen LogP contribution in [0, 0.1) is 12.8 Å². The molecule has 0 bridgehead atoms. The number of aromatic nitrogens is 1. The second-order valence-corrected chi connectivity index (χ2v) is 4.23. The number of hydrogen-bond donors (Lipinski definition) is 1. The fraction of sp³-hybridized carbons (Fsp3) is 0.615. The van der Waals surface area contributed by atoms with Crippen molar-refractivity contribution in [3.8, 4) is 0 Å². The highest BCUT2D eigenvalue weighted by Crippen LogP contribution is 2.16. The van der Waals surface area contributed by atoms with E-state index in [0.29, 0.717) is 6.04 Å². The van der Waals surface area contributed by atoms with Gasteiger partial charge in [0.2, 0.25) is 0 Å². The van der Waals surface area contributed by atoms with Crippen LogP contribution in [0.1, 0.15) is 39.2 Å². The molecule has 1 atom stereocenters. The van der Waals surface area contributed by atoms with Crippen LogP contribution in [0.15, 0.2) is 18.3 Å². The third-order valence-electron chi connectivity index (χ3n) is 3.04. The molecule has 0 aliphatic rings. The molecule has 2 nitrogen and oxygen atoms in total. The van der Waals surface area contributed by atoms with Gasteiger partial charge in [-0.05, 0) is 31.4 Å². The average Bonchev–Trinajstić information content (AvgIpc) is 2.23. The van der Waals surface area contributed by atoms with E-state index in [1.54, 1.807) is 0 Å². The summed E-state index contributed by atoms with van der Waals surface area (Å²) in [7, 11) is 0. The van der Waals surface area contributed by atoms with E-state index in [1.165, 1.54) is 18.4 Å². The standard InChI is InChI=1S/C13H22N2/c1-5-12(6-2)11(4)15-13-8-7-10(3)9-14-13/h7-9,11-12H,5-6H2,1-4H3,(H,14,15). The molecule has 1 heterocycles. The zero-order chi connectivity index (χ0) is 11.3. The first kappa shape index (κ1) is 12.0. The average molecular weight is 206 g/mol. The minimum Gasteiger partial charge on any atom is -0.367 e. The van der Waals surface area contributed by atoms with Crippen LogP contribution >= 0.6 is 0 Å². The third kappa shape index (κ3) is 3.54. The Balaban J connectivity index is 2.57. The highest BCUT2D eigenvalue weighted by Gasteiger charge is 2.12. The quantitative estimate of drug-likeness (QED) is 0.795. The van der Waals surface area contributed by atoms with E-state index in [4.69, 9.17) is 0 Å². The summed E-state index contributed by atoms with van der Waals surface area (Å²) in [4.78, 5) is 4.36. The zero-order valence-corrected chi connectivity index (χ0v) is 10.2. The normalized spacial score (nSPS) is 12.9. The van der Waals surface area contributed by atoms with E-state index in [0.717, 1.165) is 11.7 Å². The number of nitrogens with zero attached hydrogens (tertiary/aromatic N) is 1. The molecule has 0 saturated carbocycles. The summed E-state index contributed by atoms with van der Waals surface area (Å²) >= 11 is 0. The Labute approximate surface area is 93.1 Å². The maximum atomic E-state index is 4.36. The molecule has 0 amide bonds. The molecule has 1 rings (SSSR count). The molecule has 0 saturated heterocycles. The summed E-state index contributed by atoms with van der Waals surface area (Å²) in [6.45, 7) is 8.78. The Kier molecular flexibility index (Phi) is 4.60. The van der Waals surface area contributed by atoms with Gasteiger partial charge in [0, 0.05) is 12.2 Å². The fourth-order valence-corrected chi connectivity index (χ4v) is 1.90. The van der Waals surface area contributed by atoms with Gasteiger partial charge >= 0.3 is 0 Å². The van der Waals surface area contributed by atoms with Crippen molar-refractivity contribution in [3.05, 3.63) is 23.9 Å². The first-order valence-corrected chi connectivity index (χ1v) is 5.86. The van der Waals surface area contributed by atoms with E-state index in [9.17, 15) is 0 Å². The lowest BCUT2D eigenvalue weighted by Crippen LogP contribution is -2.25. The van der Waals surface area contributed by atoms with E-state index in [1.807, 2.05) is 12.3 Å². The van der Waals surface area contributed by atoms with Crippen LogP contribution in [-0.2, 0) is 0 Å². The Morgan fingerprint density at radius 1 is 1.27 bits per heavy atom. The molecule has 2 heteroatoms. The molecule has 15 heavy (non-hydrogen) atoms. The fourth-order valence-electron chi connectivity index (χ4n) is 1.90. The van der Waals surface area contributed by atoms with Crippen LogP contribution in [0.4, 0.5) is 5.82 Å². The Bertz CT molecular complexity index is 275. The molecular formula is C13H22N2. The monoisotopic (exact) mass is 206 g/mol. The summed E-state index contributed by atoms with van der Waals surface area (Å²) in [5.41, 5.74) is 1.20. The molecule has 84 valence electrons. The molecule has 0 fully saturated rings. The van der Waals surface area contributed by atoms with Crippen molar-refractivity contribution in [1.82, 2.24) is 4.98 Å². The number of rotatable bonds is 5. The largest absolute Gasteiger partial charge is 0.367 e. The van der Waals surface area contributed by atoms with E-state index < -0.39 is 0 Å². The maximum absolute atomic E-state index is 4.36. The topological polar surface area (TPSA) is 24.9 Å². The zero-order valence-electron chi connectivity index (χ0n) is 10.2. The minimum atomic E-state index is 0.496. The molecule has 0 aromatic carbocycles. The van der Waals surface area contributed by atoms with Gasteiger partial charge in [-0.15, -0.1) is 0 Å². The molecular weight excluding hydrogens is 184 g/mol. The van der Waals surface area contributed by atoms with Crippen molar-refractivity contribution in [2.45, 2.75) is 46.6 Å². The van der Waals surface area contributed by atoms with Crippen LogP contribution < -0.4 is 5.32 Å². The van der Waals surface area contributed by atoms with E-state index >= 15 is 0 Å². The van der Waals surface area contributed by atoms with Gasteiger partial charge in [-0.25, -0.2) is 4.98 Å². The number of anilines is 1. The van der Waals surface area contributed by atoms with Crippen molar-refractivity contribution >= 4 is 5.82 Å². The second kappa shape index (κ2) is 5.74. The van der Waals surface area contributed by atoms with Gasteiger partial charge in [0.05, 0.1) is 0 Å². The number of pyridine rings is 1. The lowest BCUT2D eigenvalue weighted by Gasteiger charge is -2.22. The predicted octanol–water partition coefficient (Wildman–Crippen LogP) is 3.63. The highest BCUT2D eigenvalue weighted by molar-refractivity contribution is 5.36. The summed E-state index contributed by atoms with van der Waals surface area (Å²) in [5, 5.41) is 3.46. The third-order valence-corrected chi connectivity index (χ3v) is 3.04. The van der Waals surface area contributed by atoms with Crippen molar-refractivity contribution in [2.75, 3.05) is 5.32 Å². The highest BCUT2D eigenvalue weighted by atomic mass is 15.0. The molecule has 1 N–H and O–H groups in total. The lowest BCUT2D eigenvalue weighted by molar-refractivity contribution is 0.437. The van der Waals surface area contributed by atoms with E-state index in [2.05, 4.69) is 44.1 Å². The summed E-state index contributed by atoms with van der Waals surface area (Å²) in [5.74, 6) is 1.72. The predicted molar refractivity (Wildman–Crippen MR) is 66.1 cm³/mol. The van der Waals surface area contributed by atoms with Gasteiger partial charge in [-0.2, -0.15) is 0 Å². The van der Waals surface area contributed by atoms with Gasteiger partial charge in [-0.3, -0.25) is 0 Å². The number of hydrogen-bond acceptors (Lipinski definition) is 2. The van der Waals surface area contributed by atoms with Crippen molar-refractivity contribution in [1.29, 1.82) is 0 Å². The molecule has 1 unspecified atom stereocenters. The molecule has 0 aliphatic heterocycles. The van der Waals surface area contributed by atoms with Crippen LogP contribution in [0.2, 0.25) is 0 Å². The van der Waals surface area contributed by atoms with Gasteiger partial charge in [-0.1, -0.05) is 32.8 Å². The van der Waals surface area contributed by atoms with Crippen LogP contribution in [-0.4, -0.2) is 11.0 Å². The van der Waals surface area contributed by atoms with E-state index in [-0.39, 0.29) is 0 Å². The Hall–Kier alpha value is -1.05. The molecule has 1 aromatic heterocycles. The SMILES string of the molecule is CCC(CC)C(C)Nc1ccc(C)cn1. The first-order chi connectivity index (χ1) is 7.17. The molecule has 1 aromatic rings. The number of aryl methyl sites for hydroxylation is 1. The smallest absolute Gasteiger partial charge is 0.126 e. The lowest BCUT2D eigenvalue weighted by atomic mass is 9.95. The van der Waals surface area contributed by atoms with Gasteiger partial charge < -0.3 is 5.32 Å². The van der Waals surface area contributed by atoms with Crippen molar-refractivity contribution < 1.29 is 0 Å². The van der Waals surface area contributed by atoms with Crippen molar-refractivity contribution in [2.24, 2.45) is 5.92 Å². The minimum absolute atomic E-state index is 0.496.